The topological polar surface area (TPSA) is 35.5 Å². The van der Waals surface area contributed by atoms with Crippen LogP contribution in [0, 0.1) is 12.7 Å². The second kappa shape index (κ2) is 8.47. The van der Waals surface area contributed by atoms with Crippen molar-refractivity contribution in [3.05, 3.63) is 35.1 Å². The molecule has 0 aromatic heterocycles. The molecular weight excluding hydrogens is 267 g/mol. The highest BCUT2D eigenvalue weighted by Gasteiger charge is 2.22. The number of aliphatic hydroxyl groups is 1. The van der Waals surface area contributed by atoms with E-state index in [9.17, 15) is 9.50 Å². The lowest BCUT2D eigenvalue weighted by Gasteiger charge is -2.22. The molecule has 1 atom stereocenters. The molecule has 4 heteroatoms. The van der Waals surface area contributed by atoms with Crippen molar-refractivity contribution in [1.29, 1.82) is 0 Å². The first-order valence-electron chi connectivity index (χ1n) is 8.01. The number of hydrogen-bond donors (Lipinski definition) is 2. The van der Waals surface area contributed by atoms with Gasteiger partial charge in [-0.15, -0.1) is 0 Å². The molecule has 0 amide bonds. The van der Waals surface area contributed by atoms with Crippen molar-refractivity contribution >= 4 is 0 Å². The summed E-state index contributed by atoms with van der Waals surface area (Å²) < 4.78 is 13.4. The molecule has 0 saturated carbocycles. The van der Waals surface area contributed by atoms with Gasteiger partial charge < -0.3 is 10.4 Å². The lowest BCUT2D eigenvalue weighted by Crippen LogP contribution is -2.33. The average Bonchev–Trinajstić information content (AvgIpc) is 2.93. The maximum absolute atomic E-state index is 13.4. The van der Waals surface area contributed by atoms with E-state index in [1.54, 1.807) is 13.0 Å². The highest BCUT2D eigenvalue weighted by Crippen LogP contribution is 2.16. The molecule has 2 rings (SSSR count). The molecule has 1 saturated heterocycles. The Morgan fingerprint density at radius 3 is 3.00 bits per heavy atom. The summed E-state index contributed by atoms with van der Waals surface area (Å²) in [5, 5.41) is 12.6. The normalized spacial score (nSPS) is 19.3. The summed E-state index contributed by atoms with van der Waals surface area (Å²) >= 11 is 0. The fourth-order valence-corrected chi connectivity index (χ4v) is 2.94. The van der Waals surface area contributed by atoms with Crippen LogP contribution in [0.25, 0.3) is 0 Å². The van der Waals surface area contributed by atoms with Crippen molar-refractivity contribution in [2.75, 3.05) is 26.2 Å². The first-order valence-corrected chi connectivity index (χ1v) is 8.01. The Balaban J connectivity index is 1.56. The smallest absolute Gasteiger partial charge is 0.126 e. The fraction of sp³-hybridized carbons (Fsp3) is 0.647. The Morgan fingerprint density at radius 2 is 2.24 bits per heavy atom. The van der Waals surface area contributed by atoms with E-state index in [1.165, 1.54) is 6.42 Å². The van der Waals surface area contributed by atoms with Crippen molar-refractivity contribution in [1.82, 2.24) is 10.2 Å². The van der Waals surface area contributed by atoms with Crippen LogP contribution in [-0.2, 0) is 6.54 Å². The molecule has 0 bridgehead atoms. The molecule has 1 unspecified atom stereocenters. The van der Waals surface area contributed by atoms with Gasteiger partial charge in [0, 0.05) is 12.6 Å². The summed E-state index contributed by atoms with van der Waals surface area (Å²) in [5.74, 6) is -0.127. The van der Waals surface area contributed by atoms with Gasteiger partial charge in [-0.3, -0.25) is 4.90 Å². The number of aryl methyl sites for hydroxylation is 1. The van der Waals surface area contributed by atoms with Crippen LogP contribution in [0.15, 0.2) is 18.2 Å². The predicted molar refractivity (Wildman–Crippen MR) is 83.8 cm³/mol. The van der Waals surface area contributed by atoms with E-state index in [4.69, 9.17) is 0 Å². The Morgan fingerprint density at radius 1 is 1.38 bits per heavy atom. The minimum absolute atomic E-state index is 0.127. The molecule has 0 radical (unpaired) electrons. The number of rotatable bonds is 8. The average molecular weight is 294 g/mol. The summed E-state index contributed by atoms with van der Waals surface area (Å²) in [4.78, 5) is 2.40. The van der Waals surface area contributed by atoms with E-state index in [0.717, 1.165) is 51.0 Å². The van der Waals surface area contributed by atoms with E-state index in [0.29, 0.717) is 11.6 Å². The predicted octanol–water partition coefficient (Wildman–Crippen LogP) is 2.46. The van der Waals surface area contributed by atoms with Crippen molar-refractivity contribution in [3.63, 3.8) is 0 Å². The van der Waals surface area contributed by atoms with Gasteiger partial charge in [0.15, 0.2) is 0 Å². The van der Waals surface area contributed by atoms with Gasteiger partial charge in [0.25, 0.3) is 0 Å². The Labute approximate surface area is 127 Å². The van der Waals surface area contributed by atoms with Gasteiger partial charge in [-0.05, 0) is 69.4 Å². The second-order valence-electron chi connectivity index (χ2n) is 5.98. The summed E-state index contributed by atoms with van der Waals surface area (Å²) in [5.41, 5.74) is 1.70. The van der Waals surface area contributed by atoms with Crippen LogP contribution < -0.4 is 5.32 Å². The van der Waals surface area contributed by atoms with Crippen molar-refractivity contribution in [3.8, 4) is 0 Å². The number of aliphatic hydroxyl groups excluding tert-OH is 1. The molecule has 0 aliphatic carbocycles. The quantitative estimate of drug-likeness (QED) is 0.723. The molecule has 118 valence electrons. The number of likely N-dealkylation sites (tertiary alicyclic amines) is 1. The van der Waals surface area contributed by atoms with E-state index in [1.807, 2.05) is 12.1 Å². The lowest BCUT2D eigenvalue weighted by atomic mass is 10.1. The van der Waals surface area contributed by atoms with Crippen LogP contribution in [0.5, 0.6) is 0 Å². The summed E-state index contributed by atoms with van der Waals surface area (Å²) in [6.07, 6.45) is 4.60. The molecule has 2 N–H and O–H groups in total. The molecule has 1 aromatic carbocycles. The zero-order valence-corrected chi connectivity index (χ0v) is 12.9. The molecule has 1 fully saturated rings. The van der Waals surface area contributed by atoms with Gasteiger partial charge in [-0.1, -0.05) is 12.1 Å². The highest BCUT2D eigenvalue weighted by atomic mass is 19.1. The monoisotopic (exact) mass is 294 g/mol. The molecule has 3 nitrogen and oxygen atoms in total. The molecule has 1 aliphatic rings. The Kier molecular flexibility index (Phi) is 6.61. The van der Waals surface area contributed by atoms with Crippen LogP contribution in [0.3, 0.4) is 0 Å². The fourth-order valence-electron chi connectivity index (χ4n) is 2.94. The molecule has 1 heterocycles. The third kappa shape index (κ3) is 5.06. The van der Waals surface area contributed by atoms with Crippen molar-refractivity contribution in [2.45, 2.75) is 45.2 Å². The lowest BCUT2D eigenvalue weighted by molar-refractivity contribution is 0.157. The van der Waals surface area contributed by atoms with Crippen LogP contribution in [0.1, 0.15) is 36.8 Å². The van der Waals surface area contributed by atoms with Crippen LogP contribution in [-0.4, -0.2) is 42.3 Å². The van der Waals surface area contributed by atoms with E-state index in [2.05, 4.69) is 10.2 Å². The van der Waals surface area contributed by atoms with Crippen LogP contribution >= 0.6 is 0 Å². The Bertz CT molecular complexity index is 439. The minimum atomic E-state index is -0.127. The third-order valence-corrected chi connectivity index (χ3v) is 4.32. The van der Waals surface area contributed by atoms with E-state index in [-0.39, 0.29) is 12.4 Å². The molecular formula is C17H27FN2O. The largest absolute Gasteiger partial charge is 0.395 e. The molecule has 1 aromatic rings. The number of nitrogens with one attached hydrogen (secondary N) is 1. The standard InChI is InChI=1S/C17H27FN2O/c1-14-6-7-15(11-17(14)18)12-19-8-2-3-9-20-10-4-5-16(20)13-21/h6-7,11,16,19,21H,2-5,8-10,12-13H2,1H3. The number of benzene rings is 1. The summed E-state index contributed by atoms with van der Waals surface area (Å²) in [6.45, 7) is 5.95. The first-order chi connectivity index (χ1) is 10.2. The number of hydrogen-bond acceptors (Lipinski definition) is 3. The molecule has 0 spiro atoms. The highest BCUT2D eigenvalue weighted by molar-refractivity contribution is 5.23. The van der Waals surface area contributed by atoms with E-state index >= 15 is 0 Å². The maximum atomic E-state index is 13.4. The third-order valence-electron chi connectivity index (χ3n) is 4.32. The van der Waals surface area contributed by atoms with Crippen molar-refractivity contribution in [2.24, 2.45) is 0 Å². The zero-order chi connectivity index (χ0) is 15.1. The SMILES string of the molecule is Cc1ccc(CNCCCCN2CCCC2CO)cc1F. The second-order valence-corrected chi connectivity index (χ2v) is 5.98. The van der Waals surface area contributed by atoms with Crippen LogP contribution in [0.2, 0.25) is 0 Å². The zero-order valence-electron chi connectivity index (χ0n) is 12.9. The van der Waals surface area contributed by atoms with Gasteiger partial charge in [-0.25, -0.2) is 4.39 Å². The van der Waals surface area contributed by atoms with Gasteiger partial charge in [0.05, 0.1) is 6.61 Å². The van der Waals surface area contributed by atoms with Gasteiger partial charge in [0.2, 0.25) is 0 Å². The molecule has 1 aliphatic heterocycles. The van der Waals surface area contributed by atoms with Crippen molar-refractivity contribution < 1.29 is 9.50 Å². The Hall–Kier alpha value is -0.970. The van der Waals surface area contributed by atoms with Gasteiger partial charge in [0.1, 0.15) is 5.82 Å². The van der Waals surface area contributed by atoms with E-state index < -0.39 is 0 Å². The van der Waals surface area contributed by atoms with Gasteiger partial charge in [-0.2, -0.15) is 0 Å². The number of nitrogens with zero attached hydrogens (tertiary/aromatic N) is 1. The maximum Gasteiger partial charge on any atom is 0.126 e. The molecule has 21 heavy (non-hydrogen) atoms. The minimum Gasteiger partial charge on any atom is -0.395 e. The number of unbranched alkanes of at least 4 members (excludes halogenated alkanes) is 1. The summed E-state index contributed by atoms with van der Waals surface area (Å²) in [7, 11) is 0. The number of halogens is 1. The van der Waals surface area contributed by atoms with Crippen LogP contribution in [0.4, 0.5) is 4.39 Å². The van der Waals surface area contributed by atoms with Gasteiger partial charge >= 0.3 is 0 Å². The summed E-state index contributed by atoms with van der Waals surface area (Å²) in [6, 6.07) is 5.79. The first kappa shape index (κ1) is 16.4.